The third-order valence-electron chi connectivity index (χ3n) is 5.85. The fraction of sp³-hybridized carbons (Fsp3) is 0.393. The molecule has 39 heavy (non-hydrogen) atoms. The van der Waals surface area contributed by atoms with Crippen LogP contribution in [0.25, 0.3) is 22.2 Å². The zero-order valence-corrected chi connectivity index (χ0v) is 24.9. The normalized spacial score (nSPS) is 12.5. The van der Waals surface area contributed by atoms with E-state index in [-0.39, 0.29) is 46.4 Å². The van der Waals surface area contributed by atoms with E-state index in [2.05, 4.69) is 28.0 Å². The van der Waals surface area contributed by atoms with Crippen LogP contribution in [0.3, 0.4) is 0 Å². The van der Waals surface area contributed by atoms with Gasteiger partial charge in [-0.3, -0.25) is 9.36 Å². The molecule has 0 amide bonds. The van der Waals surface area contributed by atoms with Crippen molar-refractivity contribution in [2.45, 2.75) is 40.3 Å². The number of allylic oxidation sites excluding steroid dienone is 1. The summed E-state index contributed by atoms with van der Waals surface area (Å²) >= 11 is 13.2. The van der Waals surface area contributed by atoms with Crippen molar-refractivity contribution in [3.63, 3.8) is 0 Å². The van der Waals surface area contributed by atoms with Crippen molar-refractivity contribution in [1.82, 2.24) is 19.4 Å². The first kappa shape index (κ1) is 31.9. The number of benzene rings is 1. The topological polar surface area (TPSA) is 105 Å². The lowest BCUT2D eigenvalue weighted by Gasteiger charge is -2.40. The molecular weight excluding hydrogens is 541 g/mol. The van der Waals surface area contributed by atoms with Gasteiger partial charge in [-0.1, -0.05) is 64.1 Å². The molecule has 3 heterocycles. The number of nitrogens with zero attached hydrogens (tertiary/aromatic N) is 4. The minimum absolute atomic E-state index is 0.0306. The number of pyridine rings is 1. The van der Waals surface area contributed by atoms with Gasteiger partial charge in [0.2, 0.25) is 5.95 Å². The SMILES string of the molecule is C=CC(=C)N1CC(OCCn2c(=O)c(-c3c(Cl)c(OC)cc(OC)c3Cl)cc3cnc(N)nc32)C1.CC.CC. The van der Waals surface area contributed by atoms with Crippen LogP contribution < -0.4 is 20.8 Å². The summed E-state index contributed by atoms with van der Waals surface area (Å²) in [6.07, 6.45) is 3.28. The maximum absolute atomic E-state index is 13.7. The molecule has 2 N–H and O–H groups in total. The monoisotopic (exact) mass is 577 g/mol. The summed E-state index contributed by atoms with van der Waals surface area (Å²) in [5, 5.41) is 0.955. The molecule has 1 aliphatic rings. The molecule has 0 radical (unpaired) electrons. The van der Waals surface area contributed by atoms with Crippen molar-refractivity contribution < 1.29 is 14.2 Å². The third-order valence-corrected chi connectivity index (χ3v) is 6.60. The van der Waals surface area contributed by atoms with Crippen molar-refractivity contribution in [2.24, 2.45) is 0 Å². The second kappa shape index (κ2) is 14.8. The number of halogens is 2. The Morgan fingerprint density at radius 2 is 1.72 bits per heavy atom. The summed E-state index contributed by atoms with van der Waals surface area (Å²) < 4.78 is 18.2. The molecule has 0 atom stereocenters. The summed E-state index contributed by atoms with van der Waals surface area (Å²) in [6, 6.07) is 3.19. The van der Waals surface area contributed by atoms with E-state index in [1.165, 1.54) is 18.8 Å². The number of ether oxygens (including phenoxy) is 3. The van der Waals surface area contributed by atoms with E-state index in [1.54, 1.807) is 24.4 Å². The fourth-order valence-electron chi connectivity index (χ4n) is 3.90. The molecule has 2 aromatic heterocycles. The van der Waals surface area contributed by atoms with Gasteiger partial charge in [-0.25, -0.2) is 4.98 Å². The maximum atomic E-state index is 13.7. The number of anilines is 1. The van der Waals surface area contributed by atoms with Crippen LogP contribution in [0.2, 0.25) is 10.0 Å². The average Bonchev–Trinajstić information content (AvgIpc) is 2.93. The molecular formula is C28H37Cl2N5O4. The Bertz CT molecular complexity index is 1340. The molecule has 3 aromatic rings. The van der Waals surface area contributed by atoms with Crippen LogP contribution in [0.4, 0.5) is 5.95 Å². The van der Waals surface area contributed by atoms with E-state index in [0.29, 0.717) is 41.2 Å². The van der Waals surface area contributed by atoms with E-state index in [0.717, 1.165) is 5.70 Å². The van der Waals surface area contributed by atoms with Crippen LogP contribution in [-0.2, 0) is 11.3 Å². The van der Waals surface area contributed by atoms with Gasteiger partial charge in [0, 0.05) is 42.0 Å². The van der Waals surface area contributed by atoms with E-state index < -0.39 is 0 Å². The first-order chi connectivity index (χ1) is 18.8. The molecule has 1 fully saturated rings. The molecule has 212 valence electrons. The fourth-order valence-corrected chi connectivity index (χ4v) is 4.60. The predicted molar refractivity (Wildman–Crippen MR) is 160 cm³/mol. The van der Waals surface area contributed by atoms with Gasteiger partial charge in [-0.15, -0.1) is 0 Å². The summed E-state index contributed by atoms with van der Waals surface area (Å²) in [5.41, 5.74) is 7.22. The Morgan fingerprint density at radius 3 is 2.26 bits per heavy atom. The molecule has 1 aliphatic heterocycles. The molecule has 0 bridgehead atoms. The van der Waals surface area contributed by atoms with Crippen LogP contribution in [0, 0.1) is 0 Å². The molecule has 0 saturated carbocycles. The van der Waals surface area contributed by atoms with E-state index >= 15 is 0 Å². The van der Waals surface area contributed by atoms with Gasteiger partial charge >= 0.3 is 0 Å². The molecule has 0 unspecified atom stereocenters. The van der Waals surface area contributed by atoms with Gasteiger partial charge in [0.25, 0.3) is 5.56 Å². The Morgan fingerprint density at radius 1 is 1.13 bits per heavy atom. The Hall–Kier alpha value is -3.27. The summed E-state index contributed by atoms with van der Waals surface area (Å²) in [6.45, 7) is 17.6. The molecule has 1 aromatic carbocycles. The molecule has 0 spiro atoms. The average molecular weight is 579 g/mol. The smallest absolute Gasteiger partial charge is 0.260 e. The number of aromatic nitrogens is 3. The lowest BCUT2D eigenvalue weighted by atomic mass is 10.0. The molecule has 1 saturated heterocycles. The Kier molecular flexibility index (Phi) is 12.1. The molecule has 4 rings (SSSR count). The number of methoxy groups -OCH3 is 2. The minimum atomic E-state index is -0.367. The van der Waals surface area contributed by atoms with Crippen molar-refractivity contribution in [3.05, 3.63) is 63.7 Å². The number of rotatable bonds is 9. The van der Waals surface area contributed by atoms with Crippen LogP contribution in [-0.4, -0.2) is 59.5 Å². The van der Waals surface area contributed by atoms with Crippen LogP contribution in [0.5, 0.6) is 11.5 Å². The third kappa shape index (κ3) is 6.84. The Balaban J connectivity index is 0.00000127. The highest BCUT2D eigenvalue weighted by molar-refractivity contribution is 6.41. The number of nitrogen functional groups attached to an aromatic ring is 1. The van der Waals surface area contributed by atoms with Gasteiger partial charge in [0.15, 0.2) is 0 Å². The number of hydrogen-bond donors (Lipinski definition) is 1. The highest BCUT2D eigenvalue weighted by Gasteiger charge is 2.28. The van der Waals surface area contributed by atoms with Crippen molar-refractivity contribution in [2.75, 3.05) is 39.6 Å². The first-order valence-corrected chi connectivity index (χ1v) is 13.5. The highest BCUT2D eigenvalue weighted by Crippen LogP contribution is 2.45. The quantitative estimate of drug-likeness (QED) is 0.317. The van der Waals surface area contributed by atoms with Gasteiger partial charge in [-0.05, 0) is 12.1 Å². The first-order valence-electron chi connectivity index (χ1n) is 12.7. The second-order valence-corrected chi connectivity index (χ2v) is 8.66. The largest absolute Gasteiger partial charge is 0.495 e. The maximum Gasteiger partial charge on any atom is 0.260 e. The van der Waals surface area contributed by atoms with Crippen LogP contribution >= 0.6 is 23.2 Å². The van der Waals surface area contributed by atoms with Crippen molar-refractivity contribution in [1.29, 1.82) is 0 Å². The van der Waals surface area contributed by atoms with Crippen LogP contribution in [0.1, 0.15) is 27.7 Å². The summed E-state index contributed by atoms with van der Waals surface area (Å²) in [4.78, 5) is 24.1. The number of hydrogen-bond acceptors (Lipinski definition) is 8. The molecule has 9 nitrogen and oxygen atoms in total. The van der Waals surface area contributed by atoms with Crippen molar-refractivity contribution in [3.8, 4) is 22.6 Å². The zero-order valence-electron chi connectivity index (χ0n) is 23.4. The van der Waals surface area contributed by atoms with Gasteiger partial charge < -0.3 is 24.8 Å². The number of nitrogens with two attached hydrogens (primary N) is 1. The summed E-state index contributed by atoms with van der Waals surface area (Å²) in [7, 11) is 2.94. The van der Waals surface area contributed by atoms with Gasteiger partial charge in [0.1, 0.15) is 17.1 Å². The zero-order chi connectivity index (χ0) is 29.3. The van der Waals surface area contributed by atoms with E-state index in [9.17, 15) is 4.79 Å². The number of fused-ring (bicyclic) bond motifs is 1. The predicted octanol–water partition coefficient (Wildman–Crippen LogP) is 5.82. The standard InChI is InChI=1S/C24H25Cl2N5O4.2C2H6/c1-5-13(2)30-11-15(12-30)35-7-6-31-22-14(10-28-24(27)29-22)8-16(23(31)32)19-20(25)17(33-3)9-18(34-4)21(19)26;2*1-2/h5,8-10,15H,1-2,6-7,11-12H2,3-4H3,(H2,27,28,29);2*1-2H3. The van der Waals surface area contributed by atoms with E-state index in [4.69, 9.17) is 43.1 Å². The van der Waals surface area contributed by atoms with Crippen molar-refractivity contribution >= 4 is 40.2 Å². The van der Waals surface area contributed by atoms with Gasteiger partial charge in [-0.2, -0.15) is 4.98 Å². The minimum Gasteiger partial charge on any atom is -0.495 e. The molecule has 11 heteroatoms. The van der Waals surface area contributed by atoms with E-state index in [1.807, 2.05) is 27.7 Å². The molecule has 0 aliphatic carbocycles. The van der Waals surface area contributed by atoms with Gasteiger partial charge in [0.05, 0.1) is 49.1 Å². The second-order valence-electron chi connectivity index (χ2n) is 7.90. The Labute approximate surface area is 239 Å². The number of likely N-dealkylation sites (tertiary alicyclic amines) is 1. The highest BCUT2D eigenvalue weighted by atomic mass is 35.5. The summed E-state index contributed by atoms with van der Waals surface area (Å²) in [5.74, 6) is 0.694. The van der Waals surface area contributed by atoms with Crippen LogP contribution in [0.15, 0.2) is 48.1 Å². The lowest BCUT2D eigenvalue weighted by molar-refractivity contribution is -0.0403. The lowest BCUT2D eigenvalue weighted by Crippen LogP contribution is -2.51.